The SMILES string of the molecule is CCCCCCCC/C=C/CCCCCCCC(=O)OCC(COP(=O)(O)OCCN)OC(=O)CCCCCCC/C=C/CCCCCCCC.O=C(O)CCCC(=O)O. The lowest BCUT2D eigenvalue weighted by Crippen LogP contribution is -2.29. The summed E-state index contributed by atoms with van der Waals surface area (Å²) in [5, 5.41) is 16.1. The fraction of sp³-hybridized carbons (Fsp3) is 0.826. The van der Waals surface area contributed by atoms with Crippen LogP contribution in [0.5, 0.6) is 0 Å². The van der Waals surface area contributed by atoms with E-state index in [1.807, 2.05) is 0 Å². The highest BCUT2D eigenvalue weighted by Gasteiger charge is 2.26. The first-order chi connectivity index (χ1) is 29.0. The van der Waals surface area contributed by atoms with Crippen molar-refractivity contribution in [2.45, 2.75) is 219 Å². The lowest BCUT2D eigenvalue weighted by Gasteiger charge is -2.19. The number of phosphoric ester groups is 1. The van der Waals surface area contributed by atoms with Crippen LogP contribution in [0.1, 0.15) is 213 Å². The van der Waals surface area contributed by atoms with Crippen LogP contribution in [0, 0.1) is 0 Å². The summed E-state index contributed by atoms with van der Waals surface area (Å²) < 4.78 is 32.7. The molecule has 352 valence electrons. The summed E-state index contributed by atoms with van der Waals surface area (Å²) in [7, 11) is -4.37. The van der Waals surface area contributed by atoms with Crippen molar-refractivity contribution < 1.29 is 57.4 Å². The molecule has 14 heteroatoms. The number of allylic oxidation sites excluding steroid dienone is 4. The Morgan fingerprint density at radius 3 is 1.30 bits per heavy atom. The van der Waals surface area contributed by atoms with Crippen molar-refractivity contribution in [1.29, 1.82) is 0 Å². The van der Waals surface area contributed by atoms with E-state index in [0.29, 0.717) is 6.42 Å². The van der Waals surface area contributed by atoms with Crippen LogP contribution in [-0.2, 0) is 42.3 Å². The quantitative estimate of drug-likeness (QED) is 0.0195. The van der Waals surface area contributed by atoms with E-state index >= 15 is 0 Å². The molecular formula is C46H86NO12P. The maximum absolute atomic E-state index is 12.5. The van der Waals surface area contributed by atoms with Crippen LogP contribution in [0.4, 0.5) is 0 Å². The Balaban J connectivity index is 0. The Morgan fingerprint density at radius 1 is 0.517 bits per heavy atom. The fourth-order valence-corrected chi connectivity index (χ4v) is 6.84. The molecule has 60 heavy (non-hydrogen) atoms. The zero-order valence-electron chi connectivity index (χ0n) is 37.7. The van der Waals surface area contributed by atoms with E-state index in [1.165, 1.54) is 89.9 Å². The first-order valence-electron chi connectivity index (χ1n) is 23.4. The number of phosphoric acid groups is 1. The van der Waals surface area contributed by atoms with Gasteiger partial charge >= 0.3 is 31.7 Å². The molecule has 0 aromatic heterocycles. The molecule has 0 spiro atoms. The van der Waals surface area contributed by atoms with Crippen molar-refractivity contribution in [3.63, 3.8) is 0 Å². The van der Waals surface area contributed by atoms with E-state index in [4.69, 9.17) is 34.5 Å². The Kier molecular flexibility index (Phi) is 45.6. The molecular weight excluding hydrogens is 789 g/mol. The number of ether oxygens (including phenoxy) is 2. The molecule has 0 aromatic rings. The predicted molar refractivity (Wildman–Crippen MR) is 240 cm³/mol. The molecule has 0 fully saturated rings. The predicted octanol–water partition coefficient (Wildman–Crippen LogP) is 11.9. The molecule has 0 rings (SSSR count). The van der Waals surface area contributed by atoms with Gasteiger partial charge in [-0.05, 0) is 70.6 Å². The number of esters is 2. The highest BCUT2D eigenvalue weighted by Crippen LogP contribution is 2.43. The number of rotatable bonds is 43. The van der Waals surface area contributed by atoms with Gasteiger partial charge in [0.15, 0.2) is 6.10 Å². The van der Waals surface area contributed by atoms with Crippen molar-refractivity contribution in [3.05, 3.63) is 24.3 Å². The number of carbonyl (C=O) groups is 4. The molecule has 13 nitrogen and oxygen atoms in total. The molecule has 0 radical (unpaired) electrons. The largest absolute Gasteiger partial charge is 0.481 e. The number of carbonyl (C=O) groups excluding carboxylic acids is 2. The van der Waals surface area contributed by atoms with Crippen LogP contribution in [0.25, 0.3) is 0 Å². The Morgan fingerprint density at radius 2 is 0.900 bits per heavy atom. The van der Waals surface area contributed by atoms with Crippen LogP contribution in [0.15, 0.2) is 24.3 Å². The average molecular weight is 876 g/mol. The molecule has 0 saturated heterocycles. The molecule has 0 heterocycles. The summed E-state index contributed by atoms with van der Waals surface area (Å²) >= 11 is 0. The number of unbranched alkanes of at least 4 members (excludes halogenated alkanes) is 22. The molecule has 0 saturated carbocycles. The summed E-state index contributed by atoms with van der Waals surface area (Å²) in [6.45, 7) is 3.71. The highest BCUT2D eigenvalue weighted by atomic mass is 31.2. The van der Waals surface area contributed by atoms with Crippen LogP contribution in [0.2, 0.25) is 0 Å². The second kappa shape index (κ2) is 45.9. The summed E-state index contributed by atoms with van der Waals surface area (Å²) in [6, 6.07) is 0. The van der Waals surface area contributed by atoms with Gasteiger partial charge in [0.25, 0.3) is 0 Å². The standard InChI is InChI=1S/C41H78NO8P.C5H8O4/c1-3-5-7-9-11-13-15-17-19-21-23-25-27-29-31-33-40(43)47-37-39(38-49-51(45,46)48-36-35-42)50-41(44)34-32-30-28-26-24-22-20-18-16-14-12-10-8-6-4-2;6-4(7)2-1-3-5(8)9/h17-20,39H,3-16,21-38,42H2,1-2H3,(H,45,46);1-3H2,(H,6,7)(H,8,9)/b19-17+,20-18+;. The molecule has 2 atom stereocenters. The fourth-order valence-electron chi connectivity index (χ4n) is 6.07. The summed E-state index contributed by atoms with van der Waals surface area (Å²) in [4.78, 5) is 54.4. The number of aliphatic carboxylic acids is 2. The van der Waals surface area contributed by atoms with E-state index < -0.39 is 44.4 Å². The molecule has 0 amide bonds. The Hall–Kier alpha value is -2.57. The summed E-state index contributed by atoms with van der Waals surface area (Å²) in [6.07, 6.45) is 39.2. The topological polar surface area (TPSA) is 209 Å². The number of hydrogen-bond acceptors (Lipinski definition) is 10. The van der Waals surface area contributed by atoms with Gasteiger partial charge in [0, 0.05) is 32.2 Å². The number of hydrogen-bond donors (Lipinski definition) is 4. The first-order valence-corrected chi connectivity index (χ1v) is 24.9. The van der Waals surface area contributed by atoms with Crippen molar-refractivity contribution in [3.8, 4) is 0 Å². The molecule has 5 N–H and O–H groups in total. The minimum atomic E-state index is -4.37. The minimum absolute atomic E-state index is 0.0518. The maximum atomic E-state index is 12.5. The third kappa shape index (κ3) is 49.8. The lowest BCUT2D eigenvalue weighted by atomic mass is 10.1. The maximum Gasteiger partial charge on any atom is 0.472 e. The van der Waals surface area contributed by atoms with Crippen molar-refractivity contribution in [2.24, 2.45) is 5.73 Å². The van der Waals surface area contributed by atoms with Crippen LogP contribution < -0.4 is 5.73 Å². The van der Waals surface area contributed by atoms with E-state index in [2.05, 4.69) is 38.2 Å². The third-order valence-corrected chi connectivity index (χ3v) is 10.6. The zero-order chi connectivity index (χ0) is 44.8. The third-order valence-electron chi connectivity index (χ3n) is 9.59. The average Bonchev–Trinajstić information content (AvgIpc) is 3.21. The number of carboxylic acids is 2. The van der Waals surface area contributed by atoms with Gasteiger partial charge < -0.3 is 30.3 Å². The van der Waals surface area contributed by atoms with Crippen LogP contribution in [-0.4, -0.2) is 71.5 Å². The van der Waals surface area contributed by atoms with E-state index in [9.17, 15) is 28.6 Å². The molecule has 0 aliphatic carbocycles. The molecule has 0 aromatic carbocycles. The van der Waals surface area contributed by atoms with E-state index in [0.717, 1.165) is 70.6 Å². The minimum Gasteiger partial charge on any atom is -0.481 e. The molecule has 2 unspecified atom stereocenters. The molecule has 0 bridgehead atoms. The normalized spacial score (nSPS) is 12.9. The van der Waals surface area contributed by atoms with Crippen molar-refractivity contribution in [2.75, 3.05) is 26.4 Å². The molecule has 0 aliphatic heterocycles. The zero-order valence-corrected chi connectivity index (χ0v) is 38.6. The van der Waals surface area contributed by atoms with Crippen molar-refractivity contribution in [1.82, 2.24) is 0 Å². The number of nitrogens with two attached hydrogens (primary N) is 1. The highest BCUT2D eigenvalue weighted by molar-refractivity contribution is 7.47. The van der Waals surface area contributed by atoms with E-state index in [1.54, 1.807) is 0 Å². The first kappa shape index (κ1) is 59.5. The summed E-state index contributed by atoms with van der Waals surface area (Å²) in [5.41, 5.74) is 5.34. The van der Waals surface area contributed by atoms with Crippen molar-refractivity contribution >= 4 is 31.7 Å². The Labute approximate surface area is 363 Å². The monoisotopic (exact) mass is 876 g/mol. The summed E-state index contributed by atoms with van der Waals surface area (Å²) in [5.74, 6) is -2.74. The van der Waals surface area contributed by atoms with Gasteiger partial charge in [-0.3, -0.25) is 28.2 Å². The van der Waals surface area contributed by atoms with Gasteiger partial charge in [-0.15, -0.1) is 0 Å². The van der Waals surface area contributed by atoms with Gasteiger partial charge in [0.1, 0.15) is 6.61 Å². The van der Waals surface area contributed by atoms with Crippen LogP contribution in [0.3, 0.4) is 0 Å². The van der Waals surface area contributed by atoms with Gasteiger partial charge in [0.2, 0.25) is 0 Å². The molecule has 0 aliphatic rings. The van der Waals surface area contributed by atoms with E-state index in [-0.39, 0.29) is 51.9 Å². The van der Waals surface area contributed by atoms with Crippen LogP contribution >= 0.6 is 7.82 Å². The van der Waals surface area contributed by atoms with Gasteiger partial charge in [-0.1, -0.05) is 141 Å². The second-order valence-electron chi connectivity index (χ2n) is 15.5. The number of carboxylic acid groups (broad SMARTS) is 2. The smallest absolute Gasteiger partial charge is 0.472 e. The Bertz CT molecular complexity index is 1120. The van der Waals surface area contributed by atoms with Gasteiger partial charge in [0.05, 0.1) is 13.2 Å². The van der Waals surface area contributed by atoms with Gasteiger partial charge in [-0.25, -0.2) is 4.57 Å². The van der Waals surface area contributed by atoms with Gasteiger partial charge in [-0.2, -0.15) is 0 Å². The lowest BCUT2D eigenvalue weighted by molar-refractivity contribution is -0.161. The second-order valence-corrected chi connectivity index (χ2v) is 16.9.